The molecule has 1 aromatic carbocycles. The van der Waals surface area contributed by atoms with Crippen LogP contribution in [0.15, 0.2) is 18.2 Å². The summed E-state index contributed by atoms with van der Waals surface area (Å²) in [5, 5.41) is 51.1. The van der Waals surface area contributed by atoms with Gasteiger partial charge in [-0.3, -0.25) is 30.1 Å². The first-order chi connectivity index (χ1) is 17.0. The van der Waals surface area contributed by atoms with Crippen molar-refractivity contribution in [3.8, 4) is 0 Å². The fourth-order valence-corrected chi connectivity index (χ4v) is 5.90. The number of carbonyl (C=O) groups is 3. The van der Waals surface area contributed by atoms with Gasteiger partial charge in [-0.15, -0.1) is 0 Å². The molecule has 0 bridgehead atoms. The van der Waals surface area contributed by atoms with Crippen molar-refractivity contribution in [1.82, 2.24) is 31.1 Å². The highest BCUT2D eigenvalue weighted by Crippen LogP contribution is 2.43. The van der Waals surface area contributed by atoms with Gasteiger partial charge < -0.3 is 36.4 Å². The quantitative estimate of drug-likeness (QED) is 0.166. The molecule has 0 radical (unpaired) electrons. The van der Waals surface area contributed by atoms with Crippen LogP contribution in [0.25, 0.3) is 0 Å². The number of carbonyl (C=O) groups excluding carboxylic acids is 3. The van der Waals surface area contributed by atoms with Crippen LogP contribution in [0.3, 0.4) is 0 Å². The number of amides is 3. The van der Waals surface area contributed by atoms with Gasteiger partial charge in [-0.2, -0.15) is 0 Å². The van der Waals surface area contributed by atoms with E-state index in [2.05, 4.69) is 21.3 Å². The molecule has 8 N–H and O–H groups in total. The molecule has 4 aliphatic heterocycles. The van der Waals surface area contributed by atoms with Crippen LogP contribution in [0.2, 0.25) is 0 Å². The van der Waals surface area contributed by atoms with Crippen molar-refractivity contribution >= 4 is 29.6 Å². The van der Waals surface area contributed by atoms with Gasteiger partial charge in [-0.1, -0.05) is 19.1 Å². The number of hydrogen-bond donors (Lipinski definition) is 8. The summed E-state index contributed by atoms with van der Waals surface area (Å²) >= 11 is 0. The second kappa shape index (κ2) is 8.17. The Morgan fingerprint density at radius 2 is 1.89 bits per heavy atom. The van der Waals surface area contributed by atoms with E-state index in [-0.39, 0.29) is 49.7 Å². The average molecular weight is 499 g/mol. The molecule has 4 heterocycles. The van der Waals surface area contributed by atoms with E-state index in [1.807, 2.05) is 19.9 Å². The van der Waals surface area contributed by atoms with Crippen LogP contribution in [0.4, 0.5) is 0 Å². The lowest BCUT2D eigenvalue weighted by atomic mass is 9.84. The van der Waals surface area contributed by atoms with Crippen molar-refractivity contribution in [2.45, 2.75) is 62.7 Å². The first-order valence-corrected chi connectivity index (χ1v) is 11.9. The van der Waals surface area contributed by atoms with E-state index < -0.39 is 35.5 Å². The van der Waals surface area contributed by atoms with Gasteiger partial charge in [0.2, 0.25) is 17.6 Å². The maximum Gasteiger partial charge on any atom is 0.252 e. The van der Waals surface area contributed by atoms with Crippen LogP contribution in [0.5, 0.6) is 0 Å². The highest BCUT2D eigenvalue weighted by atomic mass is 16.5. The maximum atomic E-state index is 13.2. The summed E-state index contributed by atoms with van der Waals surface area (Å²) in [6.07, 6.45) is 0.940. The van der Waals surface area contributed by atoms with Gasteiger partial charge in [0.15, 0.2) is 17.6 Å². The molecule has 0 saturated carbocycles. The highest BCUT2D eigenvalue weighted by Gasteiger charge is 2.74. The van der Waals surface area contributed by atoms with E-state index in [0.717, 1.165) is 22.4 Å². The van der Waals surface area contributed by atoms with Crippen LogP contribution in [-0.2, 0) is 16.0 Å². The molecule has 1 spiro atoms. The minimum atomic E-state index is -2.63. The number of aryl methyl sites for hydroxylation is 1. The lowest BCUT2D eigenvalue weighted by Gasteiger charge is -2.51. The summed E-state index contributed by atoms with van der Waals surface area (Å²) in [7, 11) is 0. The molecule has 36 heavy (non-hydrogen) atoms. The number of benzene rings is 1. The largest absolute Gasteiger partial charge is 0.361 e. The lowest BCUT2D eigenvalue weighted by molar-refractivity contribution is -0.232. The average Bonchev–Trinajstić information content (AvgIpc) is 3.42. The molecule has 4 aliphatic rings. The Bertz CT molecular complexity index is 1170. The Labute approximate surface area is 207 Å². The topological polar surface area (TPSA) is 194 Å². The van der Waals surface area contributed by atoms with Gasteiger partial charge in [0.25, 0.3) is 5.91 Å². The number of nitrogens with one attached hydrogen (secondary N) is 6. The lowest BCUT2D eigenvalue weighted by Crippen LogP contribution is -2.81. The fraction of sp³-hybridized carbons (Fsp3) is 0.522. The van der Waals surface area contributed by atoms with Crippen molar-refractivity contribution < 1.29 is 24.6 Å². The Morgan fingerprint density at radius 1 is 1.19 bits per heavy atom. The first-order valence-electron chi connectivity index (χ1n) is 11.9. The predicted molar refractivity (Wildman–Crippen MR) is 127 cm³/mol. The van der Waals surface area contributed by atoms with Crippen molar-refractivity contribution in [3.05, 3.63) is 34.9 Å². The summed E-state index contributed by atoms with van der Waals surface area (Å²) in [5.41, 5.74) is 0.398. The zero-order chi connectivity index (χ0) is 26.0. The molecule has 192 valence electrons. The smallest absolute Gasteiger partial charge is 0.252 e. The molecule has 4 atom stereocenters. The minimum absolute atomic E-state index is 0.100. The monoisotopic (exact) mass is 498 g/mol. The van der Waals surface area contributed by atoms with E-state index >= 15 is 0 Å². The Morgan fingerprint density at radius 3 is 2.56 bits per heavy atom. The molecule has 5 rings (SSSR count). The second-order valence-corrected chi connectivity index (χ2v) is 9.69. The number of guanidine groups is 2. The number of imide groups is 1. The van der Waals surface area contributed by atoms with Gasteiger partial charge in [-0.05, 0) is 30.5 Å². The van der Waals surface area contributed by atoms with Gasteiger partial charge in [0.1, 0.15) is 6.04 Å². The third-order valence-corrected chi connectivity index (χ3v) is 7.81. The molecule has 2 unspecified atom stereocenters. The summed E-state index contributed by atoms with van der Waals surface area (Å²) in [5.74, 6) is -4.20. The molecular weight excluding hydrogens is 468 g/mol. The third kappa shape index (κ3) is 3.26. The van der Waals surface area contributed by atoms with E-state index in [1.54, 1.807) is 12.1 Å². The zero-order valence-electron chi connectivity index (χ0n) is 20.0. The van der Waals surface area contributed by atoms with Crippen molar-refractivity contribution in [2.24, 2.45) is 0 Å². The van der Waals surface area contributed by atoms with Crippen LogP contribution in [0, 0.1) is 17.7 Å². The summed E-state index contributed by atoms with van der Waals surface area (Å²) in [6, 6.07) is 2.41. The molecule has 0 aromatic heterocycles. The standard InChI is InChI=1S/C23H30N8O5/c1-3-12-5-4-6-13(11(12)2)19(34)27-15-10-31-21(25)26-14(9-30-16(32)7-8-17(30)33)18-22(31,23(15,35)36)29-20(24)28-18/h4-6,14-15,18,35-36H,3,7-10H2,1-2H3,(H2,25,26)(H,27,34)(H3,24,28,29)/t14-,15?,18-,22?/m0/s1. The molecule has 4 saturated heterocycles. The normalized spacial score (nSPS) is 30.5. The second-order valence-electron chi connectivity index (χ2n) is 9.69. The third-order valence-electron chi connectivity index (χ3n) is 7.81. The number of hydrogen-bond acceptors (Lipinski definition) is 7. The number of likely N-dealkylation sites (tertiary alicyclic amines) is 1. The number of aliphatic hydroxyl groups is 2. The van der Waals surface area contributed by atoms with Crippen molar-refractivity contribution in [2.75, 3.05) is 13.1 Å². The Hall–Kier alpha value is -3.71. The first kappa shape index (κ1) is 24.0. The molecule has 3 amide bonds. The van der Waals surface area contributed by atoms with Crippen molar-refractivity contribution in [1.29, 1.82) is 10.8 Å². The van der Waals surface area contributed by atoms with Gasteiger partial charge in [0.05, 0.1) is 18.6 Å². The van der Waals surface area contributed by atoms with E-state index in [0.29, 0.717) is 5.56 Å². The van der Waals surface area contributed by atoms with Crippen LogP contribution >= 0.6 is 0 Å². The summed E-state index contributed by atoms with van der Waals surface area (Å²) in [6.45, 7) is 3.57. The summed E-state index contributed by atoms with van der Waals surface area (Å²) < 4.78 is 0. The highest BCUT2D eigenvalue weighted by molar-refractivity contribution is 6.02. The fourth-order valence-electron chi connectivity index (χ4n) is 5.90. The van der Waals surface area contributed by atoms with Crippen LogP contribution in [-0.4, -0.2) is 92.3 Å². The molecule has 4 fully saturated rings. The Kier molecular flexibility index (Phi) is 5.45. The van der Waals surface area contributed by atoms with E-state index in [1.165, 1.54) is 4.90 Å². The van der Waals surface area contributed by atoms with Gasteiger partial charge in [-0.25, -0.2) is 0 Å². The van der Waals surface area contributed by atoms with Crippen molar-refractivity contribution in [3.63, 3.8) is 0 Å². The van der Waals surface area contributed by atoms with E-state index in [9.17, 15) is 24.6 Å². The van der Waals surface area contributed by atoms with Gasteiger partial charge >= 0.3 is 0 Å². The molecule has 13 heteroatoms. The SMILES string of the molecule is CCc1cccc(C(=O)NC2CN3C(=N)N[C@@H](CN4C(=O)CCC4=O)[C@@H]4NC(=N)NC43C2(O)O)c1C. The predicted octanol–water partition coefficient (Wildman–Crippen LogP) is -2.10. The van der Waals surface area contributed by atoms with E-state index in [4.69, 9.17) is 10.8 Å². The Balaban J connectivity index is 1.46. The number of nitrogens with zero attached hydrogens (tertiary/aromatic N) is 2. The molecule has 13 nitrogen and oxygen atoms in total. The summed E-state index contributed by atoms with van der Waals surface area (Å²) in [4.78, 5) is 40.1. The maximum absolute atomic E-state index is 13.2. The van der Waals surface area contributed by atoms with Crippen LogP contribution < -0.4 is 21.3 Å². The number of rotatable bonds is 5. The molecule has 1 aromatic rings. The molecule has 0 aliphatic carbocycles. The van der Waals surface area contributed by atoms with Crippen LogP contribution in [0.1, 0.15) is 41.3 Å². The van der Waals surface area contributed by atoms with Gasteiger partial charge in [0, 0.05) is 24.9 Å². The molecular formula is C23H30N8O5. The minimum Gasteiger partial charge on any atom is -0.361 e. The zero-order valence-corrected chi connectivity index (χ0v) is 20.0.